The topological polar surface area (TPSA) is 50.7 Å². The highest BCUT2D eigenvalue weighted by Crippen LogP contribution is 2.18. The van der Waals surface area contributed by atoms with Gasteiger partial charge in [0.25, 0.3) is 0 Å². The summed E-state index contributed by atoms with van der Waals surface area (Å²) < 4.78 is 0. The largest absolute Gasteiger partial charge is 0.354 e. The second kappa shape index (κ2) is 5.39. The van der Waals surface area contributed by atoms with Gasteiger partial charge in [-0.2, -0.15) is 0 Å². The minimum atomic E-state index is 0.665. The predicted molar refractivity (Wildman–Crippen MR) is 68.8 cm³/mol. The molecule has 0 saturated carbocycles. The summed E-state index contributed by atoms with van der Waals surface area (Å²) in [6.45, 7) is 4.99. The molecule has 88 valence electrons. The summed E-state index contributed by atoms with van der Waals surface area (Å²) in [6, 6.07) is 5.82. The normalized spacial score (nSPS) is 10.2. The lowest BCUT2D eigenvalue weighted by Gasteiger charge is -2.07. The van der Waals surface area contributed by atoms with Gasteiger partial charge in [0.1, 0.15) is 0 Å². The number of aromatic nitrogens is 3. The van der Waals surface area contributed by atoms with E-state index < -0.39 is 0 Å². The average Bonchev–Trinajstić information content (AvgIpc) is 2.39. The molecule has 0 saturated heterocycles. The van der Waals surface area contributed by atoms with Crippen molar-refractivity contribution in [3.05, 3.63) is 36.2 Å². The molecule has 0 aromatic carbocycles. The summed E-state index contributed by atoms with van der Waals surface area (Å²) in [5.41, 5.74) is 2.80. The molecule has 1 N–H and O–H groups in total. The van der Waals surface area contributed by atoms with Crippen LogP contribution >= 0.6 is 0 Å². The first-order chi connectivity index (χ1) is 8.31. The molecule has 0 bridgehead atoms. The zero-order valence-electron chi connectivity index (χ0n) is 10.1. The van der Waals surface area contributed by atoms with Crippen LogP contribution in [0.5, 0.6) is 0 Å². The molecule has 2 heterocycles. The molecule has 2 aromatic heterocycles. The van der Waals surface area contributed by atoms with Crippen molar-refractivity contribution in [1.82, 2.24) is 15.0 Å². The highest BCUT2D eigenvalue weighted by atomic mass is 15.1. The Morgan fingerprint density at radius 1 is 1.24 bits per heavy atom. The Kier molecular flexibility index (Phi) is 3.65. The molecular weight excluding hydrogens is 212 g/mol. The number of nitrogens with one attached hydrogen (secondary N) is 1. The van der Waals surface area contributed by atoms with E-state index in [4.69, 9.17) is 0 Å². The van der Waals surface area contributed by atoms with Crippen LogP contribution in [0, 0.1) is 6.92 Å². The maximum absolute atomic E-state index is 4.50. The van der Waals surface area contributed by atoms with Gasteiger partial charge in [0.15, 0.2) is 0 Å². The van der Waals surface area contributed by atoms with E-state index in [-0.39, 0.29) is 0 Å². The summed E-state index contributed by atoms with van der Waals surface area (Å²) in [6.07, 6.45) is 4.65. The molecule has 0 fully saturated rings. The van der Waals surface area contributed by atoms with Gasteiger partial charge in [0.2, 0.25) is 5.95 Å². The first kappa shape index (κ1) is 11.5. The summed E-state index contributed by atoms with van der Waals surface area (Å²) in [4.78, 5) is 13.1. The van der Waals surface area contributed by atoms with Crippen LogP contribution < -0.4 is 5.32 Å². The van der Waals surface area contributed by atoms with Crippen molar-refractivity contribution >= 4 is 5.95 Å². The molecule has 17 heavy (non-hydrogen) atoms. The quantitative estimate of drug-likeness (QED) is 0.874. The second-order valence-corrected chi connectivity index (χ2v) is 3.87. The van der Waals surface area contributed by atoms with Gasteiger partial charge >= 0.3 is 0 Å². The fourth-order valence-corrected chi connectivity index (χ4v) is 1.53. The molecule has 0 unspecified atom stereocenters. The molecule has 0 spiro atoms. The number of rotatable bonds is 4. The van der Waals surface area contributed by atoms with Crippen LogP contribution in [-0.4, -0.2) is 21.5 Å². The third-order valence-corrected chi connectivity index (χ3v) is 2.41. The lowest BCUT2D eigenvalue weighted by Crippen LogP contribution is -2.05. The van der Waals surface area contributed by atoms with Gasteiger partial charge in [-0.1, -0.05) is 13.0 Å². The standard InChI is InChI=1S/C13H16N4/c1-3-7-15-13-16-9-10(2)12(17-13)11-6-4-5-8-14-11/h4-6,8-9H,3,7H2,1-2H3,(H,15,16,17). The van der Waals surface area contributed by atoms with Gasteiger partial charge in [0, 0.05) is 18.9 Å². The van der Waals surface area contributed by atoms with Gasteiger partial charge < -0.3 is 5.32 Å². The number of hydrogen-bond donors (Lipinski definition) is 1. The molecule has 0 aliphatic carbocycles. The third-order valence-electron chi connectivity index (χ3n) is 2.41. The van der Waals surface area contributed by atoms with Crippen molar-refractivity contribution in [3.63, 3.8) is 0 Å². The van der Waals surface area contributed by atoms with E-state index in [1.807, 2.05) is 31.3 Å². The van der Waals surface area contributed by atoms with Gasteiger partial charge in [-0.05, 0) is 31.0 Å². The van der Waals surface area contributed by atoms with Crippen LogP contribution in [0.15, 0.2) is 30.6 Å². The van der Waals surface area contributed by atoms with E-state index in [9.17, 15) is 0 Å². The van der Waals surface area contributed by atoms with Gasteiger partial charge in [-0.25, -0.2) is 9.97 Å². The van der Waals surface area contributed by atoms with Crippen molar-refractivity contribution in [2.24, 2.45) is 0 Å². The zero-order valence-corrected chi connectivity index (χ0v) is 10.1. The number of pyridine rings is 1. The van der Waals surface area contributed by atoms with Crippen molar-refractivity contribution in [1.29, 1.82) is 0 Å². The Bertz CT molecular complexity index is 482. The Morgan fingerprint density at radius 3 is 2.82 bits per heavy atom. The van der Waals surface area contributed by atoms with Crippen LogP contribution in [0.3, 0.4) is 0 Å². The Morgan fingerprint density at radius 2 is 2.12 bits per heavy atom. The second-order valence-electron chi connectivity index (χ2n) is 3.87. The van der Waals surface area contributed by atoms with E-state index in [1.165, 1.54) is 0 Å². The van der Waals surface area contributed by atoms with E-state index in [0.717, 1.165) is 29.9 Å². The zero-order chi connectivity index (χ0) is 12.1. The highest BCUT2D eigenvalue weighted by molar-refractivity contribution is 5.59. The van der Waals surface area contributed by atoms with E-state index in [1.54, 1.807) is 6.20 Å². The Hall–Kier alpha value is -1.97. The molecule has 0 atom stereocenters. The fraction of sp³-hybridized carbons (Fsp3) is 0.308. The number of aryl methyl sites for hydroxylation is 1. The maximum Gasteiger partial charge on any atom is 0.223 e. The molecule has 2 aromatic rings. The number of nitrogens with zero attached hydrogens (tertiary/aromatic N) is 3. The summed E-state index contributed by atoms with van der Waals surface area (Å²) >= 11 is 0. The Labute approximate surface area is 101 Å². The molecule has 4 heteroatoms. The smallest absolute Gasteiger partial charge is 0.223 e. The lowest BCUT2D eigenvalue weighted by atomic mass is 10.2. The molecule has 0 aliphatic rings. The summed E-state index contributed by atoms with van der Waals surface area (Å²) in [5.74, 6) is 0.665. The van der Waals surface area contributed by atoms with Crippen LogP contribution in [0.4, 0.5) is 5.95 Å². The molecule has 0 radical (unpaired) electrons. The van der Waals surface area contributed by atoms with E-state index >= 15 is 0 Å². The van der Waals surface area contributed by atoms with Crippen molar-refractivity contribution < 1.29 is 0 Å². The Balaban J connectivity index is 2.33. The van der Waals surface area contributed by atoms with Crippen molar-refractivity contribution in [2.75, 3.05) is 11.9 Å². The monoisotopic (exact) mass is 228 g/mol. The summed E-state index contributed by atoms with van der Waals surface area (Å²) in [5, 5.41) is 3.18. The van der Waals surface area contributed by atoms with Crippen molar-refractivity contribution in [2.45, 2.75) is 20.3 Å². The van der Waals surface area contributed by atoms with Crippen LogP contribution in [0.1, 0.15) is 18.9 Å². The minimum absolute atomic E-state index is 0.665. The third kappa shape index (κ3) is 2.78. The SMILES string of the molecule is CCCNc1ncc(C)c(-c2ccccn2)n1. The lowest BCUT2D eigenvalue weighted by molar-refractivity contribution is 0.950. The van der Waals surface area contributed by atoms with Crippen LogP contribution in [-0.2, 0) is 0 Å². The number of hydrogen-bond acceptors (Lipinski definition) is 4. The van der Waals surface area contributed by atoms with Crippen LogP contribution in [0.2, 0.25) is 0 Å². The molecule has 0 amide bonds. The molecular formula is C13H16N4. The van der Waals surface area contributed by atoms with E-state index in [0.29, 0.717) is 5.95 Å². The van der Waals surface area contributed by atoms with Gasteiger partial charge in [-0.3, -0.25) is 4.98 Å². The first-order valence-electron chi connectivity index (χ1n) is 5.80. The predicted octanol–water partition coefficient (Wildman–Crippen LogP) is 2.67. The maximum atomic E-state index is 4.50. The fourth-order valence-electron chi connectivity index (χ4n) is 1.53. The van der Waals surface area contributed by atoms with Crippen molar-refractivity contribution in [3.8, 4) is 11.4 Å². The van der Waals surface area contributed by atoms with E-state index in [2.05, 4.69) is 27.2 Å². The first-order valence-corrected chi connectivity index (χ1v) is 5.80. The number of anilines is 1. The molecule has 2 rings (SSSR count). The minimum Gasteiger partial charge on any atom is -0.354 e. The average molecular weight is 228 g/mol. The molecule has 0 aliphatic heterocycles. The van der Waals surface area contributed by atoms with Gasteiger partial charge in [0.05, 0.1) is 11.4 Å². The molecule has 4 nitrogen and oxygen atoms in total. The van der Waals surface area contributed by atoms with Gasteiger partial charge in [-0.15, -0.1) is 0 Å². The van der Waals surface area contributed by atoms with Crippen LogP contribution in [0.25, 0.3) is 11.4 Å². The summed E-state index contributed by atoms with van der Waals surface area (Å²) in [7, 11) is 0. The highest BCUT2D eigenvalue weighted by Gasteiger charge is 2.06.